The quantitative estimate of drug-likeness (QED) is 0.399. The third-order valence-electron chi connectivity index (χ3n) is 9.29. The Kier molecular flexibility index (Phi) is 6.12. The van der Waals surface area contributed by atoms with Gasteiger partial charge in [-0.1, -0.05) is 61.5 Å². The smallest absolute Gasteiger partial charge is 0.209 e. The lowest BCUT2D eigenvalue weighted by Crippen LogP contribution is -2.67. The largest absolute Gasteiger partial charge is 0.511 e. The van der Waals surface area contributed by atoms with Gasteiger partial charge in [0.05, 0.1) is 5.56 Å². The molecular weight excluding hydrogens is 484 g/mol. The van der Waals surface area contributed by atoms with Crippen molar-refractivity contribution in [1.29, 1.82) is 0 Å². The van der Waals surface area contributed by atoms with Crippen molar-refractivity contribution in [3.63, 3.8) is 0 Å². The SMILES string of the molecule is CCc1cc(C(C)(C)C)c(O)c2c1C[C@]1(C)C[C@]3(C)C(C(C)C)C(O)=C(C(C)=O)C(=O)[C@]3(O)C(O)=C1C2=O. The first-order chi connectivity index (χ1) is 17.3. The molecule has 3 aliphatic carbocycles. The minimum absolute atomic E-state index is 0.0920. The van der Waals surface area contributed by atoms with Crippen LogP contribution in [0.3, 0.4) is 0 Å². The lowest BCUT2D eigenvalue weighted by atomic mass is 9.44. The van der Waals surface area contributed by atoms with Gasteiger partial charge in [-0.25, -0.2) is 0 Å². The number of benzene rings is 1. The lowest BCUT2D eigenvalue weighted by Gasteiger charge is -2.59. The Morgan fingerprint density at radius 2 is 1.71 bits per heavy atom. The van der Waals surface area contributed by atoms with E-state index in [-0.39, 0.29) is 35.0 Å². The molecule has 3 aliphatic rings. The molecule has 0 heterocycles. The molecule has 1 aromatic carbocycles. The molecule has 1 unspecified atom stereocenters. The molecule has 0 radical (unpaired) electrons. The van der Waals surface area contributed by atoms with E-state index in [2.05, 4.69) is 0 Å². The number of fused-ring (bicyclic) bond motifs is 3. The monoisotopic (exact) mass is 524 g/mol. The van der Waals surface area contributed by atoms with E-state index in [0.717, 1.165) is 12.5 Å². The van der Waals surface area contributed by atoms with E-state index in [0.29, 0.717) is 24.0 Å². The molecule has 4 atom stereocenters. The fourth-order valence-corrected chi connectivity index (χ4v) is 7.76. The third kappa shape index (κ3) is 3.33. The van der Waals surface area contributed by atoms with Gasteiger partial charge in [0.25, 0.3) is 0 Å². The van der Waals surface area contributed by atoms with Crippen LogP contribution in [-0.2, 0) is 27.8 Å². The second kappa shape index (κ2) is 8.28. The number of carbonyl (C=O) groups excluding carboxylic acids is 3. The molecule has 4 N–H and O–H groups in total. The zero-order valence-corrected chi connectivity index (χ0v) is 23.9. The predicted molar refractivity (Wildman–Crippen MR) is 143 cm³/mol. The van der Waals surface area contributed by atoms with Crippen LogP contribution in [-0.4, -0.2) is 43.4 Å². The van der Waals surface area contributed by atoms with E-state index in [1.54, 1.807) is 6.92 Å². The highest BCUT2D eigenvalue weighted by Crippen LogP contribution is 2.65. The summed E-state index contributed by atoms with van der Waals surface area (Å²) in [7, 11) is 0. The summed E-state index contributed by atoms with van der Waals surface area (Å²) >= 11 is 0. The molecule has 0 aliphatic heterocycles. The third-order valence-corrected chi connectivity index (χ3v) is 9.29. The number of aliphatic hydroxyl groups is 3. The summed E-state index contributed by atoms with van der Waals surface area (Å²) in [5.74, 6) is -4.91. The first-order valence-electron chi connectivity index (χ1n) is 13.4. The highest BCUT2D eigenvalue weighted by molar-refractivity contribution is 6.25. The van der Waals surface area contributed by atoms with E-state index in [9.17, 15) is 34.8 Å². The Morgan fingerprint density at radius 3 is 2.18 bits per heavy atom. The van der Waals surface area contributed by atoms with Crippen LogP contribution < -0.4 is 0 Å². The number of aliphatic hydroxyl groups excluding tert-OH is 2. The van der Waals surface area contributed by atoms with Gasteiger partial charge in [0.1, 0.15) is 22.8 Å². The van der Waals surface area contributed by atoms with Crippen LogP contribution in [0.15, 0.2) is 28.7 Å². The number of phenolic OH excluding ortho intramolecular Hbond substituents is 1. The van der Waals surface area contributed by atoms with Crippen molar-refractivity contribution in [1.82, 2.24) is 0 Å². The topological polar surface area (TPSA) is 132 Å². The average Bonchev–Trinajstić information content (AvgIpc) is 2.75. The van der Waals surface area contributed by atoms with Gasteiger partial charge in [0, 0.05) is 27.9 Å². The summed E-state index contributed by atoms with van der Waals surface area (Å²) in [6, 6.07) is 1.94. The van der Waals surface area contributed by atoms with E-state index in [1.165, 1.54) is 0 Å². The summed E-state index contributed by atoms with van der Waals surface area (Å²) < 4.78 is 0. The van der Waals surface area contributed by atoms with Crippen molar-refractivity contribution >= 4 is 17.3 Å². The van der Waals surface area contributed by atoms with Crippen LogP contribution in [0.25, 0.3) is 0 Å². The van der Waals surface area contributed by atoms with Crippen LogP contribution in [0.4, 0.5) is 0 Å². The molecule has 1 aromatic rings. The molecule has 0 saturated heterocycles. The maximum atomic E-state index is 14.2. The Balaban J connectivity index is 2.10. The summed E-state index contributed by atoms with van der Waals surface area (Å²) in [5, 5.41) is 46.5. The van der Waals surface area contributed by atoms with Gasteiger partial charge in [0.15, 0.2) is 17.2 Å². The molecule has 7 heteroatoms. The first-order valence-corrected chi connectivity index (χ1v) is 13.4. The molecule has 0 amide bonds. The second-order valence-corrected chi connectivity index (χ2v) is 13.4. The van der Waals surface area contributed by atoms with Gasteiger partial charge in [-0.15, -0.1) is 0 Å². The molecule has 0 aromatic heterocycles. The van der Waals surface area contributed by atoms with Crippen LogP contribution in [0.1, 0.15) is 95.8 Å². The van der Waals surface area contributed by atoms with Gasteiger partial charge in [-0.05, 0) is 48.6 Å². The number of ketones is 3. The molecule has 38 heavy (non-hydrogen) atoms. The van der Waals surface area contributed by atoms with E-state index >= 15 is 0 Å². The number of hydrogen-bond acceptors (Lipinski definition) is 7. The zero-order valence-electron chi connectivity index (χ0n) is 23.9. The normalized spacial score (nSPS) is 31.4. The minimum atomic E-state index is -2.60. The average molecular weight is 525 g/mol. The minimum Gasteiger partial charge on any atom is -0.511 e. The number of aryl methyl sites for hydroxylation is 1. The van der Waals surface area contributed by atoms with Crippen molar-refractivity contribution in [2.24, 2.45) is 22.7 Å². The van der Waals surface area contributed by atoms with Crippen LogP contribution in [0.2, 0.25) is 0 Å². The number of aromatic hydroxyl groups is 1. The maximum absolute atomic E-state index is 14.2. The molecular formula is C31H40O7. The number of carbonyl (C=O) groups is 3. The van der Waals surface area contributed by atoms with Crippen molar-refractivity contribution in [2.45, 2.75) is 92.6 Å². The van der Waals surface area contributed by atoms with Gasteiger partial charge >= 0.3 is 0 Å². The van der Waals surface area contributed by atoms with E-state index in [1.807, 2.05) is 54.5 Å². The zero-order chi connectivity index (χ0) is 28.9. The molecule has 7 nitrogen and oxygen atoms in total. The Bertz CT molecular complexity index is 1350. The summed E-state index contributed by atoms with van der Waals surface area (Å²) in [5.41, 5.74) is -3.83. The number of allylic oxidation sites excluding steroid dienone is 2. The maximum Gasteiger partial charge on any atom is 0.209 e. The van der Waals surface area contributed by atoms with Gasteiger partial charge in [0.2, 0.25) is 5.78 Å². The highest BCUT2D eigenvalue weighted by atomic mass is 16.3. The fraction of sp³-hybridized carbons (Fsp3) is 0.581. The molecule has 0 spiro atoms. The van der Waals surface area contributed by atoms with Crippen molar-refractivity contribution in [3.05, 3.63) is 51.0 Å². The standard InChI is InChI=1S/C31H40O7/c1-10-16-11-18(28(5,6)7)23(33)20-17(16)12-29(8)13-30(9)21(14(2)3)24(34)19(15(4)32)26(36)31(30,38)27(37)22(29)25(20)35/h11,14,21,33-34,37-38H,10,12-13H2,1-9H3/t21?,29-,30-,31+/m1/s1. The lowest BCUT2D eigenvalue weighted by molar-refractivity contribution is -0.171. The molecule has 0 bridgehead atoms. The van der Waals surface area contributed by atoms with Crippen LogP contribution in [0.5, 0.6) is 5.75 Å². The van der Waals surface area contributed by atoms with Crippen molar-refractivity contribution < 1.29 is 34.8 Å². The van der Waals surface area contributed by atoms with Crippen LogP contribution >= 0.6 is 0 Å². The van der Waals surface area contributed by atoms with E-state index in [4.69, 9.17) is 0 Å². The van der Waals surface area contributed by atoms with Crippen molar-refractivity contribution in [3.8, 4) is 5.75 Å². The Hall–Kier alpha value is -2.93. The fourth-order valence-electron chi connectivity index (χ4n) is 7.76. The van der Waals surface area contributed by atoms with Crippen molar-refractivity contribution in [2.75, 3.05) is 0 Å². The van der Waals surface area contributed by atoms with E-state index < -0.39 is 56.4 Å². The number of Topliss-reactive ketones (excluding diaryl/α,β-unsaturated/α-hetero) is 3. The summed E-state index contributed by atoms with van der Waals surface area (Å²) in [4.78, 5) is 40.5. The van der Waals surface area contributed by atoms with Gasteiger partial charge < -0.3 is 20.4 Å². The highest BCUT2D eigenvalue weighted by Gasteiger charge is 2.71. The van der Waals surface area contributed by atoms with Gasteiger partial charge in [-0.3, -0.25) is 14.4 Å². The second-order valence-electron chi connectivity index (χ2n) is 13.4. The number of phenols is 1. The number of hydrogen-bond donors (Lipinski definition) is 4. The Morgan fingerprint density at radius 1 is 1.13 bits per heavy atom. The first kappa shape index (κ1) is 28.1. The molecule has 0 saturated carbocycles. The van der Waals surface area contributed by atoms with Crippen LogP contribution in [0, 0.1) is 22.7 Å². The summed E-state index contributed by atoms with van der Waals surface area (Å²) in [6.45, 7) is 16.0. The molecule has 4 rings (SSSR count). The predicted octanol–water partition coefficient (Wildman–Crippen LogP) is 5.21. The number of rotatable bonds is 3. The van der Waals surface area contributed by atoms with Gasteiger partial charge in [-0.2, -0.15) is 0 Å². The molecule has 0 fully saturated rings. The molecule has 206 valence electrons. The Labute approximate surface area is 224 Å². The summed E-state index contributed by atoms with van der Waals surface area (Å²) in [6.07, 6.45) is 1.01.